The SMILES string of the molecule is Cc1nn(CC(=O)N(C)c2ccc(OC(F)(F)F)cc2)c(C)c1[N+](=O)[O-]. The Morgan fingerprint density at radius 1 is 1.31 bits per heavy atom. The number of likely N-dealkylation sites (N-methyl/N-ethyl adjacent to an activating group) is 1. The fourth-order valence-corrected chi connectivity index (χ4v) is 2.36. The largest absolute Gasteiger partial charge is 0.573 e. The van der Waals surface area contributed by atoms with Gasteiger partial charge in [0.1, 0.15) is 23.7 Å². The van der Waals surface area contributed by atoms with E-state index in [1.165, 1.54) is 42.6 Å². The molecule has 8 nitrogen and oxygen atoms in total. The molecule has 0 aliphatic rings. The van der Waals surface area contributed by atoms with Crippen LogP contribution in [0.4, 0.5) is 24.5 Å². The van der Waals surface area contributed by atoms with Gasteiger partial charge in [0.25, 0.3) is 0 Å². The lowest BCUT2D eigenvalue weighted by Crippen LogP contribution is -2.30. The van der Waals surface area contributed by atoms with Gasteiger partial charge in [0, 0.05) is 12.7 Å². The summed E-state index contributed by atoms with van der Waals surface area (Å²) in [6, 6.07) is 4.76. The van der Waals surface area contributed by atoms with Gasteiger partial charge in [-0.1, -0.05) is 0 Å². The van der Waals surface area contributed by atoms with E-state index in [1.807, 2.05) is 0 Å². The van der Waals surface area contributed by atoms with Gasteiger partial charge in [0.05, 0.1) is 4.92 Å². The summed E-state index contributed by atoms with van der Waals surface area (Å²) in [6.07, 6.45) is -4.80. The van der Waals surface area contributed by atoms with Crippen molar-refractivity contribution in [3.8, 4) is 5.75 Å². The average molecular weight is 372 g/mol. The first-order valence-corrected chi connectivity index (χ1v) is 7.30. The molecule has 1 aromatic carbocycles. The third kappa shape index (κ3) is 4.29. The molecule has 0 saturated carbocycles. The fraction of sp³-hybridized carbons (Fsp3) is 0.333. The molecule has 0 aliphatic heterocycles. The normalized spacial score (nSPS) is 11.3. The van der Waals surface area contributed by atoms with Crippen LogP contribution in [0.2, 0.25) is 0 Å². The Bertz CT molecular complexity index is 831. The van der Waals surface area contributed by atoms with E-state index in [-0.39, 0.29) is 23.6 Å². The van der Waals surface area contributed by atoms with E-state index >= 15 is 0 Å². The van der Waals surface area contributed by atoms with Crippen LogP contribution in [-0.4, -0.2) is 34.0 Å². The number of benzene rings is 1. The predicted molar refractivity (Wildman–Crippen MR) is 84.9 cm³/mol. The minimum atomic E-state index is -4.80. The Labute approximate surface area is 145 Å². The topological polar surface area (TPSA) is 90.5 Å². The Morgan fingerprint density at radius 3 is 2.35 bits per heavy atom. The number of aryl methyl sites for hydroxylation is 1. The standard InChI is InChI=1S/C15H15F3N4O4/c1-9-14(22(24)25)10(2)21(19-9)8-13(23)20(3)11-4-6-12(7-5-11)26-15(16,17)18/h4-7H,8H2,1-3H3. The van der Waals surface area contributed by atoms with Crippen molar-refractivity contribution in [3.63, 3.8) is 0 Å². The molecule has 2 aromatic rings. The summed E-state index contributed by atoms with van der Waals surface area (Å²) in [7, 11) is 1.43. The molecule has 0 unspecified atom stereocenters. The highest BCUT2D eigenvalue weighted by Gasteiger charge is 2.31. The second kappa shape index (κ2) is 7.02. The van der Waals surface area contributed by atoms with E-state index in [9.17, 15) is 28.1 Å². The van der Waals surface area contributed by atoms with Gasteiger partial charge in [-0.2, -0.15) is 5.10 Å². The smallest absolute Gasteiger partial charge is 0.406 e. The number of rotatable bonds is 5. The molecular weight excluding hydrogens is 357 g/mol. The molecule has 1 heterocycles. The van der Waals surface area contributed by atoms with Gasteiger partial charge in [-0.05, 0) is 38.1 Å². The number of anilines is 1. The summed E-state index contributed by atoms with van der Waals surface area (Å²) in [6.45, 7) is 2.70. The van der Waals surface area contributed by atoms with Crippen molar-refractivity contribution >= 4 is 17.3 Å². The number of nitro groups is 1. The second-order valence-electron chi connectivity index (χ2n) is 5.43. The zero-order valence-corrected chi connectivity index (χ0v) is 14.1. The lowest BCUT2D eigenvalue weighted by molar-refractivity contribution is -0.386. The summed E-state index contributed by atoms with van der Waals surface area (Å²) in [5, 5.41) is 15.0. The van der Waals surface area contributed by atoms with Crippen molar-refractivity contribution in [3.05, 3.63) is 45.8 Å². The summed E-state index contributed by atoms with van der Waals surface area (Å²) < 4.78 is 41.4. The first kappa shape index (κ1) is 19.2. The fourth-order valence-electron chi connectivity index (χ4n) is 2.36. The number of hydrogen-bond donors (Lipinski definition) is 0. The zero-order chi connectivity index (χ0) is 19.6. The predicted octanol–water partition coefficient (Wildman–Crippen LogP) is 2.97. The molecule has 26 heavy (non-hydrogen) atoms. The van der Waals surface area contributed by atoms with Crippen LogP contribution in [0.5, 0.6) is 5.75 Å². The Balaban J connectivity index is 2.13. The third-order valence-electron chi connectivity index (χ3n) is 3.64. The molecule has 1 amide bonds. The van der Waals surface area contributed by atoms with Gasteiger partial charge >= 0.3 is 12.0 Å². The highest BCUT2D eigenvalue weighted by molar-refractivity contribution is 5.92. The van der Waals surface area contributed by atoms with E-state index in [2.05, 4.69) is 9.84 Å². The van der Waals surface area contributed by atoms with Gasteiger partial charge in [0.2, 0.25) is 5.91 Å². The van der Waals surface area contributed by atoms with Crippen molar-refractivity contribution in [1.82, 2.24) is 9.78 Å². The number of ether oxygens (including phenoxy) is 1. The lowest BCUT2D eigenvalue weighted by atomic mass is 10.2. The minimum Gasteiger partial charge on any atom is -0.406 e. The van der Waals surface area contributed by atoms with Crippen LogP contribution in [0.3, 0.4) is 0 Å². The van der Waals surface area contributed by atoms with Gasteiger partial charge in [-0.15, -0.1) is 13.2 Å². The summed E-state index contributed by atoms with van der Waals surface area (Å²) in [4.78, 5) is 24.0. The van der Waals surface area contributed by atoms with E-state index in [1.54, 1.807) is 0 Å². The number of hydrogen-bond acceptors (Lipinski definition) is 5. The monoisotopic (exact) mass is 372 g/mol. The van der Waals surface area contributed by atoms with Crippen molar-refractivity contribution < 1.29 is 27.6 Å². The van der Waals surface area contributed by atoms with E-state index in [0.717, 1.165) is 12.1 Å². The van der Waals surface area contributed by atoms with E-state index in [0.29, 0.717) is 5.69 Å². The first-order chi connectivity index (χ1) is 12.0. The average Bonchev–Trinajstić information content (AvgIpc) is 2.79. The Kier molecular flexibility index (Phi) is 5.19. The number of carbonyl (C=O) groups is 1. The van der Waals surface area contributed by atoms with Crippen LogP contribution in [0.15, 0.2) is 24.3 Å². The Morgan fingerprint density at radius 2 is 1.88 bits per heavy atom. The molecule has 1 aromatic heterocycles. The number of nitrogens with zero attached hydrogens (tertiary/aromatic N) is 4. The zero-order valence-electron chi connectivity index (χ0n) is 14.1. The molecule has 0 N–H and O–H groups in total. The third-order valence-corrected chi connectivity index (χ3v) is 3.64. The minimum absolute atomic E-state index is 0.158. The summed E-state index contributed by atoms with van der Waals surface area (Å²) in [5.74, 6) is -0.855. The van der Waals surface area contributed by atoms with Crippen molar-refractivity contribution in [2.24, 2.45) is 0 Å². The highest BCUT2D eigenvalue weighted by atomic mass is 19.4. The maximum atomic E-state index is 12.4. The van der Waals surface area contributed by atoms with Crippen LogP contribution >= 0.6 is 0 Å². The highest BCUT2D eigenvalue weighted by Crippen LogP contribution is 2.26. The summed E-state index contributed by atoms with van der Waals surface area (Å²) in [5.41, 5.74) is 0.606. The molecule has 0 radical (unpaired) electrons. The number of carbonyl (C=O) groups excluding carboxylic acids is 1. The number of aromatic nitrogens is 2. The molecule has 11 heteroatoms. The number of alkyl halides is 3. The molecule has 0 fully saturated rings. The van der Waals surface area contributed by atoms with Gasteiger partial charge in [0.15, 0.2) is 0 Å². The van der Waals surface area contributed by atoms with Crippen LogP contribution in [-0.2, 0) is 11.3 Å². The van der Waals surface area contributed by atoms with Gasteiger partial charge < -0.3 is 9.64 Å². The number of halogens is 3. The molecule has 2 rings (SSSR count). The summed E-state index contributed by atoms with van der Waals surface area (Å²) >= 11 is 0. The molecule has 0 bridgehead atoms. The molecule has 140 valence electrons. The van der Waals surface area contributed by atoms with Crippen LogP contribution in [0.1, 0.15) is 11.4 Å². The second-order valence-corrected chi connectivity index (χ2v) is 5.43. The lowest BCUT2D eigenvalue weighted by Gasteiger charge is -2.18. The molecule has 0 atom stereocenters. The quantitative estimate of drug-likeness (QED) is 0.594. The van der Waals surface area contributed by atoms with Crippen LogP contribution < -0.4 is 9.64 Å². The van der Waals surface area contributed by atoms with E-state index < -0.39 is 22.9 Å². The first-order valence-electron chi connectivity index (χ1n) is 7.30. The maximum absolute atomic E-state index is 12.4. The molecule has 0 spiro atoms. The Hall–Kier alpha value is -3.11. The maximum Gasteiger partial charge on any atom is 0.573 e. The van der Waals surface area contributed by atoms with Gasteiger partial charge in [-0.25, -0.2) is 0 Å². The van der Waals surface area contributed by atoms with Crippen molar-refractivity contribution in [1.29, 1.82) is 0 Å². The molecule has 0 aliphatic carbocycles. The van der Waals surface area contributed by atoms with Gasteiger partial charge in [-0.3, -0.25) is 19.6 Å². The molecule has 0 saturated heterocycles. The van der Waals surface area contributed by atoms with E-state index in [4.69, 9.17) is 0 Å². The van der Waals surface area contributed by atoms with Crippen LogP contribution in [0, 0.1) is 24.0 Å². The molecular formula is C15H15F3N4O4. The van der Waals surface area contributed by atoms with Crippen molar-refractivity contribution in [2.45, 2.75) is 26.8 Å². The van der Waals surface area contributed by atoms with Crippen LogP contribution in [0.25, 0.3) is 0 Å². The number of amides is 1. The van der Waals surface area contributed by atoms with Crippen molar-refractivity contribution in [2.75, 3.05) is 11.9 Å².